The van der Waals surface area contributed by atoms with Gasteiger partial charge in [-0.2, -0.15) is 0 Å². The smallest absolute Gasteiger partial charge is 0.251 e. The van der Waals surface area contributed by atoms with E-state index in [-0.39, 0.29) is 5.91 Å². The van der Waals surface area contributed by atoms with Gasteiger partial charge >= 0.3 is 0 Å². The SMILES string of the molecule is Cc1cccc(N(Cc2ccccc2)C(=O)/C=C\c2csc(C)n2)c1. The highest BCUT2D eigenvalue weighted by molar-refractivity contribution is 7.09. The standard InChI is InChI=1S/C21H20N2OS/c1-16-7-6-10-20(13-16)23(14-18-8-4-3-5-9-18)21(24)12-11-19-15-25-17(2)22-19/h3-13,15H,14H2,1-2H3/b12-11-. The van der Waals surface area contributed by atoms with Crippen LogP contribution in [0.2, 0.25) is 0 Å². The largest absolute Gasteiger partial charge is 0.304 e. The molecule has 3 aromatic rings. The molecule has 0 saturated carbocycles. The van der Waals surface area contributed by atoms with Crippen LogP contribution in [0, 0.1) is 13.8 Å². The lowest BCUT2D eigenvalue weighted by atomic mass is 10.1. The van der Waals surface area contributed by atoms with Gasteiger partial charge in [-0.1, -0.05) is 42.5 Å². The van der Waals surface area contributed by atoms with Crippen LogP contribution >= 0.6 is 11.3 Å². The van der Waals surface area contributed by atoms with Gasteiger partial charge in [-0.25, -0.2) is 4.98 Å². The molecule has 25 heavy (non-hydrogen) atoms. The Kier molecular flexibility index (Phi) is 5.41. The Bertz CT molecular complexity index is 884. The molecule has 0 atom stereocenters. The Morgan fingerprint density at radius 1 is 1.12 bits per heavy atom. The van der Waals surface area contributed by atoms with Crippen molar-refractivity contribution in [2.45, 2.75) is 20.4 Å². The minimum atomic E-state index is -0.0555. The van der Waals surface area contributed by atoms with Crippen LogP contribution in [-0.2, 0) is 11.3 Å². The van der Waals surface area contributed by atoms with Gasteiger partial charge in [-0.3, -0.25) is 4.79 Å². The Balaban J connectivity index is 1.87. The fourth-order valence-electron chi connectivity index (χ4n) is 2.56. The Morgan fingerprint density at radius 2 is 1.92 bits per heavy atom. The van der Waals surface area contributed by atoms with Gasteiger partial charge in [0.1, 0.15) is 0 Å². The van der Waals surface area contributed by atoms with E-state index >= 15 is 0 Å². The van der Waals surface area contributed by atoms with Crippen molar-refractivity contribution in [2.75, 3.05) is 4.90 Å². The van der Waals surface area contributed by atoms with Crippen molar-refractivity contribution in [3.63, 3.8) is 0 Å². The minimum Gasteiger partial charge on any atom is -0.304 e. The molecule has 1 heterocycles. The molecule has 0 saturated heterocycles. The summed E-state index contributed by atoms with van der Waals surface area (Å²) in [6, 6.07) is 18.0. The van der Waals surface area contributed by atoms with E-state index in [9.17, 15) is 4.79 Å². The third-order valence-corrected chi connectivity index (χ3v) is 4.59. The first-order valence-electron chi connectivity index (χ1n) is 8.14. The second-order valence-electron chi connectivity index (χ2n) is 5.87. The average molecular weight is 348 g/mol. The average Bonchev–Trinajstić information content (AvgIpc) is 3.04. The summed E-state index contributed by atoms with van der Waals surface area (Å²) in [4.78, 5) is 19.0. The third-order valence-electron chi connectivity index (χ3n) is 3.80. The third kappa shape index (κ3) is 4.64. The summed E-state index contributed by atoms with van der Waals surface area (Å²) >= 11 is 1.58. The highest BCUT2D eigenvalue weighted by Gasteiger charge is 2.14. The van der Waals surface area contributed by atoms with E-state index in [2.05, 4.69) is 4.98 Å². The summed E-state index contributed by atoms with van der Waals surface area (Å²) in [7, 11) is 0. The number of aryl methyl sites for hydroxylation is 2. The Hall–Kier alpha value is -2.72. The second-order valence-corrected chi connectivity index (χ2v) is 6.94. The minimum absolute atomic E-state index is 0.0555. The van der Waals surface area contributed by atoms with E-state index in [4.69, 9.17) is 0 Å². The van der Waals surface area contributed by atoms with Gasteiger partial charge in [-0.15, -0.1) is 11.3 Å². The van der Waals surface area contributed by atoms with Gasteiger partial charge in [0.15, 0.2) is 0 Å². The molecule has 0 fully saturated rings. The van der Waals surface area contributed by atoms with Crippen LogP contribution in [0.25, 0.3) is 6.08 Å². The van der Waals surface area contributed by atoms with E-state index in [1.54, 1.807) is 28.4 Å². The van der Waals surface area contributed by atoms with Crippen LogP contribution in [-0.4, -0.2) is 10.9 Å². The van der Waals surface area contributed by atoms with Gasteiger partial charge in [0.25, 0.3) is 5.91 Å². The zero-order valence-corrected chi connectivity index (χ0v) is 15.2. The molecule has 0 spiro atoms. The van der Waals surface area contributed by atoms with Crippen LogP contribution < -0.4 is 4.90 Å². The second kappa shape index (κ2) is 7.90. The molecule has 0 aliphatic heterocycles. The maximum Gasteiger partial charge on any atom is 0.251 e. The number of carbonyl (C=O) groups is 1. The normalized spacial score (nSPS) is 11.0. The number of carbonyl (C=O) groups excluding carboxylic acids is 1. The zero-order valence-electron chi connectivity index (χ0n) is 14.3. The molecule has 3 nitrogen and oxygen atoms in total. The number of aromatic nitrogens is 1. The summed E-state index contributed by atoms with van der Waals surface area (Å²) in [5.74, 6) is -0.0555. The first-order chi connectivity index (χ1) is 12.1. The lowest BCUT2D eigenvalue weighted by Gasteiger charge is -2.22. The van der Waals surface area contributed by atoms with Crippen LogP contribution in [0.4, 0.5) is 5.69 Å². The van der Waals surface area contributed by atoms with Crippen LogP contribution in [0.3, 0.4) is 0 Å². The number of benzene rings is 2. The quantitative estimate of drug-likeness (QED) is 0.608. The fourth-order valence-corrected chi connectivity index (χ4v) is 3.14. The van der Waals surface area contributed by atoms with Crippen LogP contribution in [0.1, 0.15) is 21.8 Å². The number of anilines is 1. The molecule has 0 aliphatic carbocycles. The molecule has 126 valence electrons. The zero-order chi connectivity index (χ0) is 17.6. The van der Waals surface area contributed by atoms with E-state index < -0.39 is 0 Å². The molecule has 1 amide bonds. The van der Waals surface area contributed by atoms with Crippen molar-refractivity contribution in [3.8, 4) is 0 Å². The molecule has 0 aliphatic rings. The first kappa shape index (κ1) is 17.1. The van der Waals surface area contributed by atoms with Gasteiger partial charge < -0.3 is 4.90 Å². The Labute approximate surface area is 152 Å². The summed E-state index contributed by atoms with van der Waals surface area (Å²) in [5.41, 5.74) is 3.94. The molecule has 3 rings (SSSR count). The predicted molar refractivity (Wildman–Crippen MR) is 105 cm³/mol. The molecular formula is C21H20N2OS. The number of hydrogen-bond acceptors (Lipinski definition) is 3. The van der Waals surface area contributed by atoms with Crippen LogP contribution in [0.5, 0.6) is 0 Å². The van der Waals surface area contributed by atoms with Gasteiger partial charge in [-0.05, 0) is 43.2 Å². The lowest BCUT2D eigenvalue weighted by Crippen LogP contribution is -2.28. The van der Waals surface area contributed by atoms with Crippen molar-refractivity contribution in [1.82, 2.24) is 4.98 Å². The topological polar surface area (TPSA) is 33.2 Å². The molecule has 1 aromatic heterocycles. The highest BCUT2D eigenvalue weighted by Crippen LogP contribution is 2.20. The number of hydrogen-bond donors (Lipinski definition) is 0. The summed E-state index contributed by atoms with van der Waals surface area (Å²) in [6.45, 7) is 4.52. The molecule has 0 bridgehead atoms. The molecule has 0 radical (unpaired) electrons. The summed E-state index contributed by atoms with van der Waals surface area (Å²) in [6.07, 6.45) is 3.37. The predicted octanol–water partition coefficient (Wildman–Crippen LogP) is 5.01. The number of nitrogens with zero attached hydrogens (tertiary/aromatic N) is 2. The lowest BCUT2D eigenvalue weighted by molar-refractivity contribution is -0.114. The van der Waals surface area contributed by atoms with Crippen molar-refractivity contribution < 1.29 is 4.79 Å². The molecule has 0 N–H and O–H groups in total. The molecule has 0 unspecified atom stereocenters. The van der Waals surface area contributed by atoms with Gasteiger partial charge in [0.05, 0.1) is 17.2 Å². The van der Waals surface area contributed by atoms with E-state index in [0.717, 1.165) is 27.5 Å². The van der Waals surface area contributed by atoms with Crippen LogP contribution in [0.15, 0.2) is 66.1 Å². The molecule has 2 aromatic carbocycles. The first-order valence-corrected chi connectivity index (χ1v) is 9.02. The Morgan fingerprint density at radius 3 is 2.60 bits per heavy atom. The summed E-state index contributed by atoms with van der Waals surface area (Å²) in [5, 5.41) is 2.94. The van der Waals surface area contributed by atoms with Crippen molar-refractivity contribution in [1.29, 1.82) is 0 Å². The number of thiazole rings is 1. The maximum atomic E-state index is 12.9. The molecule has 4 heteroatoms. The van der Waals surface area contributed by atoms with Crippen molar-refractivity contribution >= 4 is 29.0 Å². The van der Waals surface area contributed by atoms with Gasteiger partial charge in [0.2, 0.25) is 0 Å². The van der Waals surface area contributed by atoms with Gasteiger partial charge in [0, 0.05) is 17.1 Å². The van der Waals surface area contributed by atoms with E-state index in [0.29, 0.717) is 6.54 Å². The number of rotatable bonds is 5. The van der Waals surface area contributed by atoms with E-state index in [1.165, 1.54) is 0 Å². The van der Waals surface area contributed by atoms with Crippen molar-refractivity contribution in [3.05, 3.63) is 87.9 Å². The highest BCUT2D eigenvalue weighted by atomic mass is 32.1. The molecular weight excluding hydrogens is 328 g/mol. The van der Waals surface area contributed by atoms with Crippen molar-refractivity contribution in [2.24, 2.45) is 0 Å². The maximum absolute atomic E-state index is 12.9. The summed E-state index contributed by atoms with van der Waals surface area (Å²) < 4.78 is 0. The number of amides is 1. The monoisotopic (exact) mass is 348 g/mol. The van der Waals surface area contributed by atoms with E-state index in [1.807, 2.05) is 73.8 Å². The fraction of sp³-hybridized carbons (Fsp3) is 0.143.